The highest BCUT2D eigenvalue weighted by atomic mass is 19.4. The van der Waals surface area contributed by atoms with Gasteiger partial charge in [0.25, 0.3) is 5.91 Å². The van der Waals surface area contributed by atoms with Crippen molar-refractivity contribution in [2.45, 2.75) is 26.4 Å². The van der Waals surface area contributed by atoms with Gasteiger partial charge >= 0.3 is 12.1 Å². The van der Waals surface area contributed by atoms with E-state index in [9.17, 15) is 22.8 Å². The Morgan fingerprint density at radius 3 is 2.28 bits per heavy atom. The van der Waals surface area contributed by atoms with Crippen LogP contribution in [0.4, 0.5) is 13.2 Å². The third-order valence-electron chi connectivity index (χ3n) is 4.35. The number of nitrogens with zero attached hydrogens (tertiary/aromatic N) is 2. The fourth-order valence-electron chi connectivity index (χ4n) is 3.04. The zero-order valence-electron chi connectivity index (χ0n) is 14.5. The van der Waals surface area contributed by atoms with Gasteiger partial charge in [-0.25, -0.2) is 4.79 Å². The molecule has 1 aliphatic rings. The van der Waals surface area contributed by atoms with Gasteiger partial charge in [-0.3, -0.25) is 9.69 Å². The van der Waals surface area contributed by atoms with Gasteiger partial charge in [-0.05, 0) is 18.9 Å². The minimum absolute atomic E-state index is 0.162. The summed E-state index contributed by atoms with van der Waals surface area (Å²) in [7, 11) is 1.27. The standard InChI is InChI=1S/C16H22F3N3O3/c1-4-11-12(15(24)25-3)10(2)13(20-11)14(23)22-7-5-21(6-8-22)9-16(17,18)19/h20H,4-9H2,1-3H3. The van der Waals surface area contributed by atoms with Crippen LogP contribution in [0.2, 0.25) is 0 Å². The van der Waals surface area contributed by atoms with Gasteiger partial charge < -0.3 is 14.6 Å². The Morgan fingerprint density at radius 1 is 1.20 bits per heavy atom. The van der Waals surface area contributed by atoms with Crippen molar-refractivity contribution in [2.75, 3.05) is 39.8 Å². The Kier molecular flexibility index (Phi) is 5.76. The second-order valence-corrected chi connectivity index (χ2v) is 6.01. The van der Waals surface area contributed by atoms with E-state index >= 15 is 0 Å². The van der Waals surface area contributed by atoms with Crippen LogP contribution >= 0.6 is 0 Å². The summed E-state index contributed by atoms with van der Waals surface area (Å²) in [6.45, 7) is 3.29. The molecular formula is C16H22F3N3O3. The second kappa shape index (κ2) is 7.47. The number of aromatic nitrogens is 1. The van der Waals surface area contributed by atoms with Crippen molar-refractivity contribution >= 4 is 11.9 Å². The fraction of sp³-hybridized carbons (Fsp3) is 0.625. The zero-order chi connectivity index (χ0) is 18.8. The maximum atomic E-state index is 12.7. The lowest BCUT2D eigenvalue weighted by Gasteiger charge is -2.34. The van der Waals surface area contributed by atoms with Crippen LogP contribution in [0.1, 0.15) is 39.0 Å². The molecule has 6 nitrogen and oxygen atoms in total. The highest BCUT2D eigenvalue weighted by Gasteiger charge is 2.34. The number of hydrogen-bond acceptors (Lipinski definition) is 4. The van der Waals surface area contributed by atoms with E-state index in [1.807, 2.05) is 6.92 Å². The smallest absolute Gasteiger partial charge is 0.401 e. The van der Waals surface area contributed by atoms with Crippen LogP contribution in [-0.4, -0.2) is 72.7 Å². The molecule has 1 aliphatic heterocycles. The van der Waals surface area contributed by atoms with Gasteiger partial charge in [0.2, 0.25) is 0 Å². The first-order valence-corrected chi connectivity index (χ1v) is 8.06. The van der Waals surface area contributed by atoms with Gasteiger partial charge in [-0.2, -0.15) is 13.2 Å². The number of aromatic amines is 1. The average molecular weight is 361 g/mol. The average Bonchev–Trinajstić information content (AvgIpc) is 2.89. The van der Waals surface area contributed by atoms with E-state index in [1.54, 1.807) is 6.92 Å². The molecule has 1 aromatic rings. The summed E-state index contributed by atoms with van der Waals surface area (Å²) in [4.78, 5) is 30.4. The number of nitrogens with one attached hydrogen (secondary N) is 1. The number of carbonyl (C=O) groups excluding carboxylic acids is 2. The Labute approximate surface area is 143 Å². The molecule has 0 atom stereocenters. The molecule has 0 bridgehead atoms. The molecule has 1 fully saturated rings. The van der Waals surface area contributed by atoms with E-state index in [-0.39, 0.29) is 32.1 Å². The topological polar surface area (TPSA) is 65.6 Å². The molecule has 0 unspecified atom stereocenters. The molecule has 1 saturated heterocycles. The van der Waals surface area contributed by atoms with Crippen LogP contribution in [0.25, 0.3) is 0 Å². The quantitative estimate of drug-likeness (QED) is 0.833. The molecule has 1 amide bonds. The lowest BCUT2D eigenvalue weighted by Crippen LogP contribution is -2.51. The predicted octanol–water partition coefficient (Wildman–Crippen LogP) is 1.99. The van der Waals surface area contributed by atoms with Crippen molar-refractivity contribution in [1.82, 2.24) is 14.8 Å². The number of H-pyrrole nitrogens is 1. The minimum Gasteiger partial charge on any atom is -0.465 e. The van der Waals surface area contributed by atoms with Gasteiger partial charge in [0.1, 0.15) is 5.69 Å². The molecule has 9 heteroatoms. The number of alkyl halides is 3. The first-order valence-electron chi connectivity index (χ1n) is 8.06. The predicted molar refractivity (Wildman–Crippen MR) is 84.6 cm³/mol. The van der Waals surface area contributed by atoms with E-state index in [0.717, 1.165) is 0 Å². The molecule has 0 saturated carbocycles. The highest BCUT2D eigenvalue weighted by molar-refractivity contribution is 6.00. The number of amides is 1. The summed E-state index contributed by atoms with van der Waals surface area (Å²) in [6.07, 6.45) is -3.72. The van der Waals surface area contributed by atoms with E-state index in [0.29, 0.717) is 28.9 Å². The normalized spacial score (nSPS) is 16.2. The lowest BCUT2D eigenvalue weighted by atomic mass is 10.1. The number of carbonyl (C=O) groups is 2. The van der Waals surface area contributed by atoms with Crippen molar-refractivity contribution in [2.24, 2.45) is 0 Å². The van der Waals surface area contributed by atoms with Gasteiger partial charge in [0, 0.05) is 31.9 Å². The largest absolute Gasteiger partial charge is 0.465 e. The summed E-state index contributed by atoms with van der Waals surface area (Å²) in [5.74, 6) is -0.825. The van der Waals surface area contributed by atoms with Crippen LogP contribution in [0.3, 0.4) is 0 Å². The molecular weight excluding hydrogens is 339 g/mol. The SMILES string of the molecule is CCc1[nH]c(C(=O)N2CCN(CC(F)(F)F)CC2)c(C)c1C(=O)OC. The van der Waals surface area contributed by atoms with E-state index in [4.69, 9.17) is 4.74 Å². The summed E-state index contributed by atoms with van der Waals surface area (Å²) < 4.78 is 42.1. The Hall–Kier alpha value is -2.03. The van der Waals surface area contributed by atoms with Gasteiger partial charge in [0.15, 0.2) is 0 Å². The number of hydrogen-bond donors (Lipinski definition) is 1. The van der Waals surface area contributed by atoms with Gasteiger partial charge in [-0.15, -0.1) is 0 Å². The molecule has 0 spiro atoms. The van der Waals surface area contributed by atoms with Crippen LogP contribution in [-0.2, 0) is 11.2 Å². The highest BCUT2D eigenvalue weighted by Crippen LogP contribution is 2.23. The monoisotopic (exact) mass is 361 g/mol. The fourth-order valence-corrected chi connectivity index (χ4v) is 3.04. The van der Waals surface area contributed by atoms with Crippen molar-refractivity contribution in [3.8, 4) is 0 Å². The Balaban J connectivity index is 2.12. The first kappa shape index (κ1) is 19.3. The molecule has 0 radical (unpaired) electrons. The van der Waals surface area contributed by atoms with E-state index in [2.05, 4.69) is 4.98 Å². The van der Waals surface area contributed by atoms with Crippen molar-refractivity contribution in [3.63, 3.8) is 0 Å². The summed E-state index contributed by atoms with van der Waals surface area (Å²) in [5, 5.41) is 0. The second-order valence-electron chi connectivity index (χ2n) is 6.01. The van der Waals surface area contributed by atoms with E-state index in [1.165, 1.54) is 16.9 Å². The maximum absolute atomic E-state index is 12.7. The van der Waals surface area contributed by atoms with Gasteiger partial charge in [0.05, 0.1) is 19.2 Å². The number of rotatable bonds is 4. The van der Waals surface area contributed by atoms with Crippen molar-refractivity contribution < 1.29 is 27.5 Å². The van der Waals surface area contributed by atoms with Crippen LogP contribution in [0.5, 0.6) is 0 Å². The molecule has 2 heterocycles. The Morgan fingerprint density at radius 2 is 1.80 bits per heavy atom. The summed E-state index contributed by atoms with van der Waals surface area (Å²) in [6, 6.07) is 0. The number of ether oxygens (including phenoxy) is 1. The van der Waals surface area contributed by atoms with Gasteiger partial charge in [-0.1, -0.05) is 6.92 Å². The first-order chi connectivity index (χ1) is 11.7. The zero-order valence-corrected chi connectivity index (χ0v) is 14.5. The third-order valence-corrected chi connectivity index (χ3v) is 4.35. The summed E-state index contributed by atoms with van der Waals surface area (Å²) >= 11 is 0. The number of aryl methyl sites for hydroxylation is 1. The van der Waals surface area contributed by atoms with Crippen molar-refractivity contribution in [3.05, 3.63) is 22.5 Å². The number of esters is 1. The van der Waals surface area contributed by atoms with Crippen LogP contribution in [0, 0.1) is 6.92 Å². The molecule has 0 aromatic carbocycles. The van der Waals surface area contributed by atoms with Crippen LogP contribution in [0.15, 0.2) is 0 Å². The van der Waals surface area contributed by atoms with E-state index < -0.39 is 18.7 Å². The molecule has 0 aliphatic carbocycles. The maximum Gasteiger partial charge on any atom is 0.401 e. The van der Waals surface area contributed by atoms with Crippen LogP contribution < -0.4 is 0 Å². The van der Waals surface area contributed by atoms with Crippen molar-refractivity contribution in [1.29, 1.82) is 0 Å². The molecule has 1 N–H and O–H groups in total. The molecule has 25 heavy (non-hydrogen) atoms. The number of halogens is 3. The number of piperazine rings is 1. The summed E-state index contributed by atoms with van der Waals surface area (Å²) in [5.41, 5.74) is 1.76. The minimum atomic E-state index is -4.24. The third kappa shape index (κ3) is 4.33. The molecule has 1 aromatic heterocycles. The molecule has 2 rings (SSSR count). The molecule has 140 valence electrons. The number of methoxy groups -OCH3 is 1. The lowest BCUT2D eigenvalue weighted by molar-refractivity contribution is -0.148. The Bertz CT molecular complexity index is 647.